The fourth-order valence-corrected chi connectivity index (χ4v) is 3.57. The summed E-state index contributed by atoms with van der Waals surface area (Å²) < 4.78 is 11.8. The van der Waals surface area contributed by atoms with E-state index in [9.17, 15) is 0 Å². The maximum Gasteiger partial charge on any atom is 0.130 e. The van der Waals surface area contributed by atoms with E-state index in [0.717, 1.165) is 34.9 Å². The van der Waals surface area contributed by atoms with E-state index in [2.05, 4.69) is 48.4 Å². The molecule has 2 aromatic carbocycles. The first-order valence-electron chi connectivity index (χ1n) is 9.28. The number of pyridine rings is 1. The summed E-state index contributed by atoms with van der Waals surface area (Å²) in [6, 6.07) is 18.7. The zero-order valence-electron chi connectivity index (χ0n) is 15.7. The molecule has 1 unspecified atom stereocenters. The molecule has 0 spiro atoms. The first kappa shape index (κ1) is 17.6. The minimum atomic E-state index is 0.238. The van der Waals surface area contributed by atoms with E-state index >= 15 is 0 Å². The van der Waals surface area contributed by atoms with Gasteiger partial charge >= 0.3 is 0 Å². The zero-order chi connectivity index (χ0) is 18.6. The number of fused-ring (bicyclic) bond motifs is 1. The number of rotatable bonds is 6. The molecule has 1 aliphatic heterocycles. The smallest absolute Gasteiger partial charge is 0.130 e. The molecule has 4 heteroatoms. The summed E-state index contributed by atoms with van der Waals surface area (Å²) in [4.78, 5) is 4.32. The van der Waals surface area contributed by atoms with Crippen LogP contribution in [0.25, 0.3) is 0 Å². The van der Waals surface area contributed by atoms with Crippen LogP contribution in [0, 0.1) is 13.8 Å². The van der Waals surface area contributed by atoms with Gasteiger partial charge in [0.25, 0.3) is 0 Å². The summed E-state index contributed by atoms with van der Waals surface area (Å²) in [5, 5.41) is 3.61. The molecule has 0 bridgehead atoms. The molecule has 0 amide bonds. The molecule has 2 heterocycles. The summed E-state index contributed by atoms with van der Waals surface area (Å²) in [7, 11) is 0. The summed E-state index contributed by atoms with van der Waals surface area (Å²) in [6.45, 7) is 6.15. The van der Waals surface area contributed by atoms with Crippen molar-refractivity contribution in [3.63, 3.8) is 0 Å². The van der Waals surface area contributed by atoms with Crippen molar-refractivity contribution in [1.82, 2.24) is 10.3 Å². The molecule has 4 nitrogen and oxygen atoms in total. The molecule has 1 atom stereocenters. The van der Waals surface area contributed by atoms with E-state index in [1.165, 1.54) is 11.1 Å². The second-order valence-electron chi connectivity index (χ2n) is 6.95. The van der Waals surface area contributed by atoms with Crippen molar-refractivity contribution in [2.24, 2.45) is 0 Å². The third kappa shape index (κ3) is 3.96. The molecule has 0 radical (unpaired) electrons. The molecule has 0 fully saturated rings. The predicted octanol–water partition coefficient (Wildman–Crippen LogP) is 4.50. The molecular weight excluding hydrogens is 336 g/mol. The van der Waals surface area contributed by atoms with Crippen LogP contribution in [0.1, 0.15) is 34.0 Å². The fourth-order valence-electron chi connectivity index (χ4n) is 3.57. The minimum Gasteiger partial charge on any atom is -0.491 e. The Kier molecular flexibility index (Phi) is 5.07. The fraction of sp³-hybridized carbons (Fsp3) is 0.261. The molecular formula is C23H24N2O2. The summed E-state index contributed by atoms with van der Waals surface area (Å²) in [5.41, 5.74) is 5.71. The van der Waals surface area contributed by atoms with Gasteiger partial charge in [0.15, 0.2) is 0 Å². The summed E-state index contributed by atoms with van der Waals surface area (Å²) in [6.07, 6.45) is 1.79. The second-order valence-corrected chi connectivity index (χ2v) is 6.95. The van der Waals surface area contributed by atoms with Gasteiger partial charge in [-0.25, -0.2) is 0 Å². The molecule has 138 valence electrons. The third-order valence-corrected chi connectivity index (χ3v) is 4.86. The molecule has 27 heavy (non-hydrogen) atoms. The lowest BCUT2D eigenvalue weighted by atomic mass is 10.0. The van der Waals surface area contributed by atoms with E-state index in [-0.39, 0.29) is 6.04 Å². The van der Waals surface area contributed by atoms with Crippen LogP contribution in [0.5, 0.6) is 11.5 Å². The molecule has 0 saturated carbocycles. The van der Waals surface area contributed by atoms with Crippen molar-refractivity contribution in [1.29, 1.82) is 0 Å². The lowest BCUT2D eigenvalue weighted by Crippen LogP contribution is -2.22. The maximum atomic E-state index is 6.03. The largest absolute Gasteiger partial charge is 0.491 e. The Morgan fingerprint density at radius 1 is 1.07 bits per heavy atom. The van der Waals surface area contributed by atoms with E-state index in [0.29, 0.717) is 13.2 Å². The SMILES string of the molecule is Cc1cc(CNC2COc3ccccc32)cc(C)c1OCc1ccccn1. The molecule has 1 N–H and O–H groups in total. The second kappa shape index (κ2) is 7.80. The Bertz CT molecular complexity index is 902. The highest BCUT2D eigenvalue weighted by Crippen LogP contribution is 2.32. The highest BCUT2D eigenvalue weighted by atomic mass is 16.5. The van der Waals surface area contributed by atoms with Crippen molar-refractivity contribution in [2.45, 2.75) is 33.0 Å². The molecule has 1 aromatic heterocycles. The molecule has 4 rings (SSSR count). The lowest BCUT2D eigenvalue weighted by molar-refractivity contribution is 0.297. The van der Waals surface area contributed by atoms with E-state index in [4.69, 9.17) is 9.47 Å². The highest BCUT2D eigenvalue weighted by molar-refractivity contribution is 5.44. The first-order valence-corrected chi connectivity index (χ1v) is 9.28. The number of aromatic nitrogens is 1. The first-order chi connectivity index (χ1) is 13.2. The average Bonchev–Trinajstić information content (AvgIpc) is 3.10. The number of para-hydroxylation sites is 1. The monoisotopic (exact) mass is 360 g/mol. The Labute approximate surface area is 160 Å². The van der Waals surface area contributed by atoms with Crippen LogP contribution in [0.2, 0.25) is 0 Å². The van der Waals surface area contributed by atoms with Crippen LogP contribution in [-0.2, 0) is 13.2 Å². The van der Waals surface area contributed by atoms with Gasteiger partial charge in [-0.2, -0.15) is 0 Å². The van der Waals surface area contributed by atoms with E-state index < -0.39 is 0 Å². The van der Waals surface area contributed by atoms with E-state index in [1.807, 2.05) is 30.3 Å². The van der Waals surface area contributed by atoms with Crippen molar-refractivity contribution < 1.29 is 9.47 Å². The molecule has 0 saturated heterocycles. The number of hydrogen-bond donors (Lipinski definition) is 1. The van der Waals surface area contributed by atoms with Crippen molar-refractivity contribution >= 4 is 0 Å². The van der Waals surface area contributed by atoms with Crippen molar-refractivity contribution in [3.05, 3.63) is 88.7 Å². The maximum absolute atomic E-state index is 6.03. The lowest BCUT2D eigenvalue weighted by Gasteiger charge is -2.16. The molecule has 3 aromatic rings. The zero-order valence-corrected chi connectivity index (χ0v) is 15.7. The van der Waals surface area contributed by atoms with Crippen LogP contribution in [0.3, 0.4) is 0 Å². The number of hydrogen-bond acceptors (Lipinski definition) is 4. The minimum absolute atomic E-state index is 0.238. The van der Waals surface area contributed by atoms with Crippen molar-refractivity contribution in [3.8, 4) is 11.5 Å². The number of benzene rings is 2. The Hall–Kier alpha value is -2.85. The predicted molar refractivity (Wildman–Crippen MR) is 106 cm³/mol. The van der Waals surface area contributed by atoms with Crippen LogP contribution >= 0.6 is 0 Å². The topological polar surface area (TPSA) is 43.4 Å². The van der Waals surface area contributed by atoms with Gasteiger partial charge in [-0.05, 0) is 48.7 Å². The van der Waals surface area contributed by atoms with Crippen LogP contribution < -0.4 is 14.8 Å². The number of ether oxygens (including phenoxy) is 2. The standard InChI is InChI=1S/C23H24N2O2/c1-16-11-18(13-25-21-15-26-22-9-4-3-8-20(21)22)12-17(2)23(16)27-14-19-7-5-6-10-24-19/h3-12,21,25H,13-15H2,1-2H3. The third-order valence-electron chi connectivity index (χ3n) is 4.86. The van der Waals surface area contributed by atoms with Crippen LogP contribution in [0.4, 0.5) is 0 Å². The molecule has 1 aliphatic rings. The average molecular weight is 360 g/mol. The summed E-state index contributed by atoms with van der Waals surface area (Å²) >= 11 is 0. The van der Waals surface area contributed by atoms with Gasteiger partial charge in [-0.1, -0.05) is 36.4 Å². The molecule has 0 aliphatic carbocycles. The van der Waals surface area contributed by atoms with Gasteiger partial charge in [0.05, 0.1) is 11.7 Å². The normalized spacial score (nSPS) is 15.3. The van der Waals surface area contributed by atoms with Crippen molar-refractivity contribution in [2.75, 3.05) is 6.61 Å². The Morgan fingerprint density at radius 3 is 2.63 bits per heavy atom. The van der Waals surface area contributed by atoms with Gasteiger partial charge in [-0.3, -0.25) is 4.98 Å². The summed E-state index contributed by atoms with van der Waals surface area (Å²) in [5.74, 6) is 1.93. The highest BCUT2D eigenvalue weighted by Gasteiger charge is 2.22. The van der Waals surface area contributed by atoms with E-state index in [1.54, 1.807) is 6.20 Å². The van der Waals surface area contributed by atoms with Gasteiger partial charge < -0.3 is 14.8 Å². The number of nitrogens with one attached hydrogen (secondary N) is 1. The van der Waals surface area contributed by atoms with Gasteiger partial charge in [0.2, 0.25) is 0 Å². The van der Waals surface area contributed by atoms with Crippen LogP contribution in [0.15, 0.2) is 60.8 Å². The quantitative estimate of drug-likeness (QED) is 0.703. The number of nitrogens with zero attached hydrogens (tertiary/aromatic N) is 1. The number of aryl methyl sites for hydroxylation is 2. The van der Waals surface area contributed by atoms with Gasteiger partial charge in [-0.15, -0.1) is 0 Å². The Balaban J connectivity index is 1.41. The Morgan fingerprint density at radius 2 is 1.85 bits per heavy atom. The van der Waals surface area contributed by atoms with Gasteiger partial charge in [0.1, 0.15) is 24.7 Å². The van der Waals surface area contributed by atoms with Crippen LogP contribution in [-0.4, -0.2) is 11.6 Å². The van der Waals surface area contributed by atoms with Gasteiger partial charge in [0, 0.05) is 18.3 Å².